The van der Waals surface area contributed by atoms with Gasteiger partial charge in [-0.2, -0.15) is 0 Å². The highest BCUT2D eigenvalue weighted by atomic mass is 19.1. The lowest BCUT2D eigenvalue weighted by atomic mass is 9.90. The summed E-state index contributed by atoms with van der Waals surface area (Å²) in [7, 11) is 0. The summed E-state index contributed by atoms with van der Waals surface area (Å²) in [6.45, 7) is 3.13. The second-order valence-corrected chi connectivity index (χ2v) is 7.51. The number of carbonyl (C=O) groups is 2. The Bertz CT molecular complexity index is 919. The Hall–Kier alpha value is -2.80. The number of carbonyl (C=O) groups excluding carboxylic acids is 2. The fourth-order valence-corrected chi connectivity index (χ4v) is 3.97. The second kappa shape index (κ2) is 7.31. The number of pyridine rings is 1. The molecule has 2 fully saturated rings. The number of ether oxygens (including phenoxy) is 1. The van der Waals surface area contributed by atoms with Gasteiger partial charge >= 0.3 is 0 Å². The Labute approximate surface area is 162 Å². The molecule has 2 aliphatic heterocycles. The first-order valence-electron chi connectivity index (χ1n) is 9.37. The van der Waals surface area contributed by atoms with Crippen molar-refractivity contribution in [3.63, 3.8) is 0 Å². The van der Waals surface area contributed by atoms with E-state index in [1.54, 1.807) is 34.3 Å². The van der Waals surface area contributed by atoms with Crippen molar-refractivity contribution in [2.75, 3.05) is 31.1 Å². The van der Waals surface area contributed by atoms with E-state index >= 15 is 0 Å². The lowest BCUT2D eigenvalue weighted by Gasteiger charge is -2.47. The van der Waals surface area contributed by atoms with Crippen molar-refractivity contribution in [3.05, 3.63) is 59.7 Å². The summed E-state index contributed by atoms with van der Waals surface area (Å²) in [5.41, 5.74) is 1.34. The van der Waals surface area contributed by atoms with Gasteiger partial charge in [0.25, 0.3) is 11.8 Å². The van der Waals surface area contributed by atoms with Crippen molar-refractivity contribution in [2.45, 2.75) is 25.4 Å². The number of amides is 2. The van der Waals surface area contributed by atoms with Crippen LogP contribution in [-0.4, -0.2) is 53.5 Å². The molecule has 2 aliphatic rings. The fourth-order valence-electron chi connectivity index (χ4n) is 3.97. The van der Waals surface area contributed by atoms with Gasteiger partial charge in [-0.1, -0.05) is 6.07 Å². The zero-order valence-electron chi connectivity index (χ0n) is 15.7. The quantitative estimate of drug-likeness (QED) is 0.800. The number of anilines is 1. The number of rotatable bonds is 2. The molecule has 146 valence electrons. The van der Waals surface area contributed by atoms with Gasteiger partial charge in [0.05, 0.1) is 18.7 Å². The van der Waals surface area contributed by atoms with Crippen molar-refractivity contribution in [1.29, 1.82) is 0 Å². The Morgan fingerprint density at radius 1 is 1.25 bits per heavy atom. The summed E-state index contributed by atoms with van der Waals surface area (Å²) >= 11 is 0. The van der Waals surface area contributed by atoms with Gasteiger partial charge in [-0.15, -0.1) is 0 Å². The minimum atomic E-state index is -0.647. The van der Waals surface area contributed by atoms with Crippen LogP contribution < -0.4 is 4.90 Å². The summed E-state index contributed by atoms with van der Waals surface area (Å²) in [5, 5.41) is 0. The zero-order chi connectivity index (χ0) is 19.7. The lowest BCUT2D eigenvalue weighted by molar-refractivity contribution is -0.144. The minimum Gasteiger partial charge on any atom is -0.361 e. The molecule has 2 saturated heterocycles. The molecule has 0 bridgehead atoms. The Balaban J connectivity index is 1.55. The van der Waals surface area contributed by atoms with E-state index in [-0.39, 0.29) is 18.4 Å². The van der Waals surface area contributed by atoms with Crippen LogP contribution in [0.15, 0.2) is 42.7 Å². The fraction of sp³-hybridized carbons (Fsp3) is 0.381. The van der Waals surface area contributed by atoms with Gasteiger partial charge < -0.3 is 14.5 Å². The standard InChI is InChI=1S/C21H22FN3O3/c1-15-8-16(11-23-10-15)20(27)24-7-3-6-21(13-24)14-25(19(26)12-28-21)18-5-2-4-17(22)9-18/h2,4-5,8-11H,3,6-7,12-14H2,1H3. The summed E-state index contributed by atoms with van der Waals surface area (Å²) in [4.78, 5) is 32.8. The van der Waals surface area contributed by atoms with Crippen molar-refractivity contribution < 1.29 is 18.7 Å². The Morgan fingerprint density at radius 2 is 2.11 bits per heavy atom. The molecule has 0 N–H and O–H groups in total. The topological polar surface area (TPSA) is 62.7 Å². The number of morpholine rings is 1. The molecule has 1 spiro atoms. The third-order valence-corrected chi connectivity index (χ3v) is 5.32. The molecule has 4 rings (SSSR count). The van der Waals surface area contributed by atoms with E-state index in [0.29, 0.717) is 30.9 Å². The van der Waals surface area contributed by atoms with Crippen LogP contribution in [0.25, 0.3) is 0 Å². The number of aryl methyl sites for hydroxylation is 1. The van der Waals surface area contributed by atoms with Gasteiger partial charge in [0.2, 0.25) is 0 Å². The van der Waals surface area contributed by atoms with Gasteiger partial charge in [0.1, 0.15) is 18.0 Å². The predicted molar refractivity (Wildman–Crippen MR) is 102 cm³/mol. The molecule has 0 aliphatic carbocycles. The monoisotopic (exact) mass is 383 g/mol. The smallest absolute Gasteiger partial charge is 0.255 e. The highest BCUT2D eigenvalue weighted by Gasteiger charge is 2.44. The average Bonchev–Trinajstić information content (AvgIpc) is 2.70. The normalized spacial score (nSPS) is 22.6. The molecule has 2 amide bonds. The van der Waals surface area contributed by atoms with E-state index in [9.17, 15) is 14.0 Å². The van der Waals surface area contributed by atoms with E-state index < -0.39 is 11.4 Å². The molecular formula is C21H22FN3O3. The molecular weight excluding hydrogens is 361 g/mol. The molecule has 0 radical (unpaired) electrons. The number of hydrogen-bond acceptors (Lipinski definition) is 4. The first-order chi connectivity index (χ1) is 13.5. The van der Waals surface area contributed by atoms with Gasteiger partial charge in [0.15, 0.2) is 0 Å². The van der Waals surface area contributed by atoms with Crippen molar-refractivity contribution in [1.82, 2.24) is 9.88 Å². The SMILES string of the molecule is Cc1cncc(C(=O)N2CCCC3(C2)CN(c2cccc(F)c2)C(=O)CO3)c1. The largest absolute Gasteiger partial charge is 0.361 e. The molecule has 1 aromatic carbocycles. The van der Waals surface area contributed by atoms with Crippen LogP contribution in [0.3, 0.4) is 0 Å². The van der Waals surface area contributed by atoms with E-state index in [1.165, 1.54) is 12.1 Å². The highest BCUT2D eigenvalue weighted by molar-refractivity contribution is 5.96. The van der Waals surface area contributed by atoms with Gasteiger partial charge in [-0.05, 0) is 49.6 Å². The van der Waals surface area contributed by atoms with Crippen LogP contribution in [0.2, 0.25) is 0 Å². The lowest BCUT2D eigenvalue weighted by Crippen LogP contribution is -2.62. The average molecular weight is 383 g/mol. The van der Waals surface area contributed by atoms with Crippen LogP contribution >= 0.6 is 0 Å². The van der Waals surface area contributed by atoms with E-state index in [2.05, 4.69) is 4.98 Å². The van der Waals surface area contributed by atoms with Crippen molar-refractivity contribution in [2.24, 2.45) is 0 Å². The molecule has 28 heavy (non-hydrogen) atoms. The van der Waals surface area contributed by atoms with Crippen molar-refractivity contribution in [3.8, 4) is 0 Å². The Kier molecular flexibility index (Phi) is 4.85. The van der Waals surface area contributed by atoms with Crippen LogP contribution in [-0.2, 0) is 9.53 Å². The predicted octanol–water partition coefficient (Wildman–Crippen LogP) is 2.57. The summed E-state index contributed by atoms with van der Waals surface area (Å²) in [6, 6.07) is 7.81. The number of hydrogen-bond donors (Lipinski definition) is 0. The number of nitrogens with zero attached hydrogens (tertiary/aromatic N) is 3. The molecule has 7 heteroatoms. The molecule has 3 heterocycles. The molecule has 1 atom stereocenters. The maximum atomic E-state index is 13.6. The number of aromatic nitrogens is 1. The first-order valence-corrected chi connectivity index (χ1v) is 9.37. The number of likely N-dealkylation sites (tertiary alicyclic amines) is 1. The van der Waals surface area contributed by atoms with Crippen LogP contribution in [0.4, 0.5) is 10.1 Å². The number of benzene rings is 1. The zero-order valence-corrected chi connectivity index (χ0v) is 15.7. The van der Waals surface area contributed by atoms with Gasteiger partial charge in [-0.25, -0.2) is 4.39 Å². The minimum absolute atomic E-state index is 0.0788. The first kappa shape index (κ1) is 18.6. The van der Waals surface area contributed by atoms with E-state index in [0.717, 1.165) is 18.4 Å². The van der Waals surface area contributed by atoms with Crippen molar-refractivity contribution >= 4 is 17.5 Å². The maximum Gasteiger partial charge on any atom is 0.255 e. The molecule has 2 aromatic rings. The van der Waals surface area contributed by atoms with Gasteiger partial charge in [0, 0.05) is 24.6 Å². The third-order valence-electron chi connectivity index (χ3n) is 5.32. The maximum absolute atomic E-state index is 13.6. The highest BCUT2D eigenvalue weighted by Crippen LogP contribution is 2.32. The molecule has 6 nitrogen and oxygen atoms in total. The number of halogens is 1. The second-order valence-electron chi connectivity index (χ2n) is 7.51. The molecule has 0 saturated carbocycles. The van der Waals surface area contributed by atoms with Crippen LogP contribution in [0.5, 0.6) is 0 Å². The molecule has 1 aromatic heterocycles. The third kappa shape index (κ3) is 3.62. The van der Waals surface area contributed by atoms with E-state index in [1.807, 2.05) is 13.0 Å². The number of piperidine rings is 1. The van der Waals surface area contributed by atoms with E-state index in [4.69, 9.17) is 4.74 Å². The summed E-state index contributed by atoms with van der Waals surface area (Å²) in [6.07, 6.45) is 4.79. The van der Waals surface area contributed by atoms with Crippen LogP contribution in [0.1, 0.15) is 28.8 Å². The van der Waals surface area contributed by atoms with Gasteiger partial charge in [-0.3, -0.25) is 14.6 Å². The van der Waals surface area contributed by atoms with Crippen LogP contribution in [0, 0.1) is 12.7 Å². The Morgan fingerprint density at radius 3 is 2.89 bits per heavy atom. The summed E-state index contributed by atoms with van der Waals surface area (Å²) in [5.74, 6) is -0.686. The summed E-state index contributed by atoms with van der Waals surface area (Å²) < 4.78 is 19.6. The molecule has 1 unspecified atom stereocenters.